The summed E-state index contributed by atoms with van der Waals surface area (Å²) in [7, 11) is 0. The lowest BCUT2D eigenvalue weighted by molar-refractivity contribution is -0.237. The molecule has 0 saturated carbocycles. The van der Waals surface area contributed by atoms with Crippen molar-refractivity contribution in [2.45, 2.75) is 70.0 Å². The second-order valence-corrected chi connectivity index (χ2v) is 6.20. The molecule has 3 fully saturated rings. The first-order chi connectivity index (χ1) is 9.31. The summed E-state index contributed by atoms with van der Waals surface area (Å²) in [6, 6.07) is 0. The highest BCUT2D eigenvalue weighted by Gasteiger charge is 2.59. The van der Waals surface area contributed by atoms with Gasteiger partial charge in [0.1, 0.15) is 18.3 Å². The second kappa shape index (κ2) is 4.68. The Hall–Kier alpha value is -0.660. The first kappa shape index (κ1) is 14.3. The summed E-state index contributed by atoms with van der Waals surface area (Å²) in [5, 5.41) is 0. The van der Waals surface area contributed by atoms with Gasteiger partial charge in [0.2, 0.25) is 6.29 Å². The molecule has 3 aliphatic heterocycles. The Morgan fingerprint density at radius 2 is 1.70 bits per heavy atom. The Labute approximate surface area is 118 Å². The molecule has 0 N–H and O–H groups in total. The van der Waals surface area contributed by atoms with Crippen molar-refractivity contribution in [3.05, 3.63) is 12.8 Å². The molecule has 0 spiro atoms. The molecular formula is C14H22O6. The standard InChI is InChI=1S/C14H22O6/c1-6-15-12-11-10(19-14(4,5)20-11)9(17-12)8-7-16-13(2,3)18-8/h6,8-12H,1,7H2,2-5H3/t8-,9-,10+,11+,12+/m1/s1. The number of hydrogen-bond donors (Lipinski definition) is 0. The SMILES string of the molecule is C=CO[C@H]1O[C@H]([C@H]2COC(C)(C)O2)[C@@H]2OC(C)(C)O[C@H]12. The molecule has 0 bridgehead atoms. The lowest BCUT2D eigenvalue weighted by atomic mass is 10.1. The van der Waals surface area contributed by atoms with Crippen molar-refractivity contribution < 1.29 is 28.4 Å². The van der Waals surface area contributed by atoms with E-state index in [2.05, 4.69) is 6.58 Å². The third kappa shape index (κ3) is 2.46. The first-order valence-corrected chi connectivity index (χ1v) is 6.90. The Kier molecular flexibility index (Phi) is 3.34. The molecule has 0 unspecified atom stereocenters. The monoisotopic (exact) mass is 286 g/mol. The van der Waals surface area contributed by atoms with Crippen LogP contribution in [-0.2, 0) is 28.4 Å². The summed E-state index contributed by atoms with van der Waals surface area (Å²) in [5.74, 6) is -1.26. The Bertz CT molecular complexity index is 393. The van der Waals surface area contributed by atoms with Crippen LogP contribution < -0.4 is 0 Å². The lowest BCUT2D eigenvalue weighted by Crippen LogP contribution is -2.40. The minimum atomic E-state index is -0.658. The third-order valence-corrected chi connectivity index (χ3v) is 3.67. The maximum absolute atomic E-state index is 5.95. The number of rotatable bonds is 3. The number of hydrogen-bond acceptors (Lipinski definition) is 6. The van der Waals surface area contributed by atoms with Crippen LogP contribution in [-0.4, -0.2) is 48.9 Å². The molecule has 0 radical (unpaired) electrons. The van der Waals surface area contributed by atoms with Gasteiger partial charge in [0.25, 0.3) is 0 Å². The molecule has 0 aromatic rings. The molecule has 5 atom stereocenters. The molecule has 0 amide bonds. The van der Waals surface area contributed by atoms with E-state index in [1.807, 2.05) is 27.7 Å². The normalized spacial score (nSPS) is 45.3. The topological polar surface area (TPSA) is 55.4 Å². The maximum atomic E-state index is 5.95. The van der Waals surface area contributed by atoms with Crippen molar-refractivity contribution in [3.8, 4) is 0 Å². The molecule has 3 heterocycles. The van der Waals surface area contributed by atoms with Gasteiger partial charge >= 0.3 is 0 Å². The second-order valence-electron chi connectivity index (χ2n) is 6.20. The minimum Gasteiger partial charge on any atom is -0.470 e. The van der Waals surface area contributed by atoms with E-state index in [0.29, 0.717) is 6.61 Å². The molecule has 0 aliphatic carbocycles. The van der Waals surface area contributed by atoms with Gasteiger partial charge in [-0.05, 0) is 27.7 Å². The van der Waals surface area contributed by atoms with Crippen molar-refractivity contribution in [2.24, 2.45) is 0 Å². The van der Waals surface area contributed by atoms with E-state index in [0.717, 1.165) is 0 Å². The van der Waals surface area contributed by atoms with Crippen LogP contribution in [0.4, 0.5) is 0 Å². The molecule has 3 aliphatic rings. The van der Waals surface area contributed by atoms with Crippen LogP contribution in [0.1, 0.15) is 27.7 Å². The van der Waals surface area contributed by atoms with Crippen LogP contribution in [0.2, 0.25) is 0 Å². The van der Waals surface area contributed by atoms with Crippen LogP contribution in [0, 0.1) is 0 Å². The molecular weight excluding hydrogens is 264 g/mol. The van der Waals surface area contributed by atoms with Gasteiger partial charge in [-0.15, -0.1) is 0 Å². The highest BCUT2D eigenvalue weighted by Crippen LogP contribution is 2.42. The summed E-state index contributed by atoms with van der Waals surface area (Å²) in [5.41, 5.74) is 0. The summed E-state index contributed by atoms with van der Waals surface area (Å²) < 4.78 is 34.6. The molecule has 6 nitrogen and oxygen atoms in total. The predicted octanol–water partition coefficient (Wildman–Crippen LogP) is 1.54. The summed E-state index contributed by atoms with van der Waals surface area (Å²) in [4.78, 5) is 0. The zero-order valence-electron chi connectivity index (χ0n) is 12.3. The van der Waals surface area contributed by atoms with Gasteiger partial charge in [-0.25, -0.2) is 0 Å². The molecule has 20 heavy (non-hydrogen) atoms. The van der Waals surface area contributed by atoms with Crippen LogP contribution >= 0.6 is 0 Å². The van der Waals surface area contributed by atoms with Gasteiger partial charge in [0.15, 0.2) is 17.7 Å². The zero-order chi connectivity index (χ0) is 14.5. The average Bonchev–Trinajstić information content (AvgIpc) is 2.92. The average molecular weight is 286 g/mol. The maximum Gasteiger partial charge on any atom is 0.228 e. The van der Waals surface area contributed by atoms with Gasteiger partial charge in [0, 0.05) is 0 Å². The summed E-state index contributed by atoms with van der Waals surface area (Å²) in [6.45, 7) is 11.6. The highest BCUT2D eigenvalue weighted by molar-refractivity contribution is 5.00. The smallest absolute Gasteiger partial charge is 0.228 e. The lowest BCUT2D eigenvalue weighted by Gasteiger charge is -2.26. The summed E-state index contributed by atoms with van der Waals surface area (Å²) in [6.07, 6.45) is -0.189. The fraction of sp³-hybridized carbons (Fsp3) is 0.857. The largest absolute Gasteiger partial charge is 0.470 e. The molecule has 0 aromatic heterocycles. The van der Waals surface area contributed by atoms with E-state index < -0.39 is 17.9 Å². The van der Waals surface area contributed by atoms with Crippen molar-refractivity contribution in [1.29, 1.82) is 0 Å². The van der Waals surface area contributed by atoms with Crippen molar-refractivity contribution >= 4 is 0 Å². The molecule has 3 rings (SSSR count). The van der Waals surface area contributed by atoms with Crippen molar-refractivity contribution in [3.63, 3.8) is 0 Å². The Morgan fingerprint density at radius 3 is 2.30 bits per heavy atom. The first-order valence-electron chi connectivity index (χ1n) is 6.90. The number of ether oxygens (including phenoxy) is 6. The molecule has 6 heteroatoms. The summed E-state index contributed by atoms with van der Waals surface area (Å²) >= 11 is 0. The quantitative estimate of drug-likeness (QED) is 0.734. The molecule has 0 aromatic carbocycles. The zero-order valence-corrected chi connectivity index (χ0v) is 12.3. The van der Waals surface area contributed by atoms with Gasteiger partial charge in [-0.2, -0.15) is 0 Å². The van der Waals surface area contributed by atoms with E-state index in [-0.39, 0.29) is 24.4 Å². The fourth-order valence-electron chi connectivity index (χ4n) is 2.97. The van der Waals surface area contributed by atoms with E-state index in [1.165, 1.54) is 6.26 Å². The Balaban J connectivity index is 1.77. The highest BCUT2D eigenvalue weighted by atomic mass is 16.8. The number of fused-ring (bicyclic) bond motifs is 1. The van der Waals surface area contributed by atoms with Crippen LogP contribution in [0.3, 0.4) is 0 Å². The fourth-order valence-corrected chi connectivity index (χ4v) is 2.97. The van der Waals surface area contributed by atoms with Gasteiger partial charge in [0.05, 0.1) is 12.9 Å². The van der Waals surface area contributed by atoms with E-state index in [4.69, 9.17) is 28.4 Å². The predicted molar refractivity (Wildman–Crippen MR) is 68.7 cm³/mol. The van der Waals surface area contributed by atoms with Gasteiger partial charge < -0.3 is 28.4 Å². The molecule has 3 saturated heterocycles. The molecule has 114 valence electrons. The van der Waals surface area contributed by atoms with Gasteiger partial charge in [-0.1, -0.05) is 6.58 Å². The third-order valence-electron chi connectivity index (χ3n) is 3.67. The van der Waals surface area contributed by atoms with Crippen molar-refractivity contribution in [2.75, 3.05) is 6.61 Å². The van der Waals surface area contributed by atoms with Crippen LogP contribution in [0.25, 0.3) is 0 Å². The Morgan fingerprint density at radius 1 is 1.00 bits per heavy atom. The van der Waals surface area contributed by atoms with Crippen LogP contribution in [0.15, 0.2) is 12.8 Å². The van der Waals surface area contributed by atoms with Crippen molar-refractivity contribution in [1.82, 2.24) is 0 Å². The minimum absolute atomic E-state index is 0.201. The van der Waals surface area contributed by atoms with E-state index in [9.17, 15) is 0 Å². The van der Waals surface area contributed by atoms with Crippen LogP contribution in [0.5, 0.6) is 0 Å². The van der Waals surface area contributed by atoms with E-state index >= 15 is 0 Å². The van der Waals surface area contributed by atoms with E-state index in [1.54, 1.807) is 0 Å². The van der Waals surface area contributed by atoms with Gasteiger partial charge in [-0.3, -0.25) is 0 Å².